The van der Waals surface area contributed by atoms with Gasteiger partial charge >= 0.3 is 0 Å². The summed E-state index contributed by atoms with van der Waals surface area (Å²) in [6, 6.07) is 2.38. The lowest BCUT2D eigenvalue weighted by atomic mass is 9.93. The van der Waals surface area contributed by atoms with Crippen LogP contribution in [0.5, 0.6) is 11.6 Å². The third-order valence-electron chi connectivity index (χ3n) is 6.09. The number of ether oxygens (including phenoxy) is 2. The van der Waals surface area contributed by atoms with Crippen molar-refractivity contribution in [2.24, 2.45) is 0 Å². The first-order valence-electron chi connectivity index (χ1n) is 10.6. The first-order chi connectivity index (χ1) is 14.2. The lowest BCUT2D eigenvalue weighted by molar-refractivity contribution is 0.224. The van der Waals surface area contributed by atoms with E-state index < -0.39 is 0 Å². The highest BCUT2D eigenvalue weighted by molar-refractivity contribution is 5.91. The van der Waals surface area contributed by atoms with Gasteiger partial charge in [-0.05, 0) is 44.1 Å². The zero-order valence-corrected chi connectivity index (χ0v) is 17.5. The van der Waals surface area contributed by atoms with Crippen LogP contribution >= 0.6 is 0 Å². The monoisotopic (exact) mass is 394 g/mol. The molecule has 6 heteroatoms. The Labute approximate surface area is 173 Å². The number of terminal acetylenes is 1. The van der Waals surface area contributed by atoms with Crippen molar-refractivity contribution in [2.45, 2.75) is 51.0 Å². The Hall–Kier alpha value is -2.52. The Morgan fingerprint density at radius 1 is 1.17 bits per heavy atom. The van der Waals surface area contributed by atoms with Gasteiger partial charge in [0.1, 0.15) is 5.52 Å². The number of nitrogens with zero attached hydrogens (tertiary/aromatic N) is 3. The van der Waals surface area contributed by atoms with E-state index in [2.05, 4.69) is 16.1 Å². The number of rotatable bonds is 6. The first-order valence-corrected chi connectivity index (χ1v) is 10.6. The van der Waals surface area contributed by atoms with Crippen LogP contribution in [0.1, 0.15) is 43.4 Å². The van der Waals surface area contributed by atoms with Crippen molar-refractivity contribution >= 4 is 16.7 Å². The van der Waals surface area contributed by atoms with E-state index in [0.717, 1.165) is 68.5 Å². The molecule has 2 aromatic heterocycles. The molecule has 29 heavy (non-hydrogen) atoms. The van der Waals surface area contributed by atoms with Gasteiger partial charge < -0.3 is 19.7 Å². The second-order valence-corrected chi connectivity index (χ2v) is 7.90. The SMILES string of the molecule is C#CCCN1CCC(Nc2c3c(nc4cc(OC)c(OC)nc24)CCCC3)CC1. The van der Waals surface area contributed by atoms with Crippen LogP contribution in [0.25, 0.3) is 11.0 Å². The molecular formula is C23H30N4O2. The summed E-state index contributed by atoms with van der Waals surface area (Å²) in [6.07, 6.45) is 12.9. The van der Waals surface area contributed by atoms with Gasteiger partial charge in [-0.1, -0.05) is 0 Å². The van der Waals surface area contributed by atoms with Crippen molar-refractivity contribution in [3.63, 3.8) is 0 Å². The second-order valence-electron chi connectivity index (χ2n) is 7.90. The lowest BCUT2D eigenvalue weighted by Crippen LogP contribution is -2.39. The Morgan fingerprint density at radius 2 is 1.97 bits per heavy atom. The molecule has 0 atom stereocenters. The molecule has 0 unspecified atom stereocenters. The molecule has 1 fully saturated rings. The number of aromatic nitrogens is 2. The maximum absolute atomic E-state index is 5.47. The number of hydrogen-bond donors (Lipinski definition) is 1. The van der Waals surface area contributed by atoms with Gasteiger partial charge in [-0.3, -0.25) is 4.98 Å². The van der Waals surface area contributed by atoms with Crippen LogP contribution in [0.3, 0.4) is 0 Å². The quantitative estimate of drug-likeness (QED) is 0.758. The van der Waals surface area contributed by atoms with Gasteiger partial charge in [0, 0.05) is 43.9 Å². The van der Waals surface area contributed by atoms with Crippen molar-refractivity contribution in [3.05, 3.63) is 17.3 Å². The van der Waals surface area contributed by atoms with Crippen LogP contribution in [0.2, 0.25) is 0 Å². The Balaban J connectivity index is 1.66. The fourth-order valence-corrected chi connectivity index (χ4v) is 4.48. The maximum atomic E-state index is 5.47. The van der Waals surface area contributed by atoms with Gasteiger partial charge in [-0.15, -0.1) is 12.3 Å². The highest BCUT2D eigenvalue weighted by Gasteiger charge is 2.25. The lowest BCUT2D eigenvalue weighted by Gasteiger charge is -2.33. The molecule has 2 aliphatic rings. The first kappa shape index (κ1) is 19.8. The van der Waals surface area contributed by atoms with Crippen LogP contribution in [0, 0.1) is 12.3 Å². The summed E-state index contributed by atoms with van der Waals surface area (Å²) in [5.41, 5.74) is 5.44. The van der Waals surface area contributed by atoms with E-state index >= 15 is 0 Å². The van der Waals surface area contributed by atoms with Gasteiger partial charge in [0.05, 0.1) is 25.4 Å². The standard InChI is InChI=1S/C23H30N4O2/c1-4-5-12-27-13-10-16(11-14-27)24-21-17-8-6-7-9-18(17)25-19-15-20(28-2)23(29-3)26-22(19)21/h1,15-16H,5-14H2,2-3H3,(H,24,25). The van der Waals surface area contributed by atoms with E-state index in [1.54, 1.807) is 14.2 Å². The zero-order valence-electron chi connectivity index (χ0n) is 17.5. The van der Waals surface area contributed by atoms with Crippen LogP contribution in [0.4, 0.5) is 5.69 Å². The van der Waals surface area contributed by atoms with E-state index in [4.69, 9.17) is 25.9 Å². The number of hydrogen-bond acceptors (Lipinski definition) is 6. The Morgan fingerprint density at radius 3 is 2.69 bits per heavy atom. The smallest absolute Gasteiger partial charge is 0.257 e. The van der Waals surface area contributed by atoms with E-state index in [0.29, 0.717) is 17.7 Å². The molecule has 6 nitrogen and oxygen atoms in total. The molecule has 1 aliphatic heterocycles. The number of aryl methyl sites for hydroxylation is 1. The predicted molar refractivity (Wildman–Crippen MR) is 116 cm³/mol. The minimum Gasteiger partial charge on any atom is -0.491 e. The van der Waals surface area contributed by atoms with Gasteiger partial charge in [0.25, 0.3) is 5.88 Å². The normalized spacial score (nSPS) is 17.6. The van der Waals surface area contributed by atoms with E-state index in [-0.39, 0.29) is 0 Å². The van der Waals surface area contributed by atoms with Crippen molar-refractivity contribution in [1.29, 1.82) is 0 Å². The Kier molecular flexibility index (Phi) is 6.05. The number of fused-ring (bicyclic) bond motifs is 2. The van der Waals surface area contributed by atoms with Crippen LogP contribution in [-0.2, 0) is 12.8 Å². The van der Waals surface area contributed by atoms with Crippen LogP contribution < -0.4 is 14.8 Å². The number of anilines is 1. The summed E-state index contributed by atoms with van der Waals surface area (Å²) in [5, 5.41) is 3.85. The van der Waals surface area contributed by atoms with Gasteiger partial charge in [0.2, 0.25) is 0 Å². The number of pyridine rings is 2. The summed E-state index contributed by atoms with van der Waals surface area (Å²) in [7, 11) is 3.26. The van der Waals surface area contributed by atoms with Crippen molar-refractivity contribution in [1.82, 2.24) is 14.9 Å². The van der Waals surface area contributed by atoms with Crippen LogP contribution in [-0.4, -0.2) is 54.8 Å². The minimum atomic E-state index is 0.434. The van der Waals surface area contributed by atoms with Gasteiger partial charge in [-0.2, -0.15) is 0 Å². The van der Waals surface area contributed by atoms with E-state index in [9.17, 15) is 0 Å². The average Bonchev–Trinajstić information content (AvgIpc) is 2.77. The average molecular weight is 395 g/mol. The highest BCUT2D eigenvalue weighted by Crippen LogP contribution is 2.37. The largest absolute Gasteiger partial charge is 0.491 e. The third kappa shape index (κ3) is 4.11. The number of nitrogens with one attached hydrogen (secondary N) is 1. The number of methoxy groups -OCH3 is 2. The highest BCUT2D eigenvalue weighted by atomic mass is 16.5. The minimum absolute atomic E-state index is 0.434. The Bertz CT molecular complexity index is 908. The molecule has 0 spiro atoms. The molecule has 0 amide bonds. The molecule has 0 aromatic carbocycles. The molecule has 154 valence electrons. The van der Waals surface area contributed by atoms with Crippen molar-refractivity contribution in [2.75, 3.05) is 39.2 Å². The van der Waals surface area contributed by atoms with E-state index in [1.165, 1.54) is 24.1 Å². The van der Waals surface area contributed by atoms with Crippen molar-refractivity contribution in [3.8, 4) is 24.0 Å². The zero-order chi connectivity index (χ0) is 20.2. The second kappa shape index (κ2) is 8.87. The molecule has 0 radical (unpaired) electrons. The topological polar surface area (TPSA) is 59.5 Å². The molecule has 1 N–H and O–H groups in total. The summed E-state index contributed by atoms with van der Waals surface area (Å²) in [4.78, 5) is 12.2. The summed E-state index contributed by atoms with van der Waals surface area (Å²) in [6.45, 7) is 3.15. The molecular weight excluding hydrogens is 364 g/mol. The van der Waals surface area contributed by atoms with Gasteiger partial charge in [0.15, 0.2) is 5.75 Å². The molecule has 3 heterocycles. The summed E-state index contributed by atoms with van der Waals surface area (Å²) < 4.78 is 10.9. The van der Waals surface area contributed by atoms with Crippen LogP contribution in [0.15, 0.2) is 6.07 Å². The fourth-order valence-electron chi connectivity index (χ4n) is 4.48. The van der Waals surface area contributed by atoms with E-state index in [1.807, 2.05) is 6.07 Å². The number of likely N-dealkylation sites (tertiary alicyclic amines) is 1. The predicted octanol–water partition coefficient (Wildman–Crippen LogP) is 3.43. The molecule has 0 bridgehead atoms. The third-order valence-corrected chi connectivity index (χ3v) is 6.09. The molecule has 1 aliphatic carbocycles. The molecule has 4 rings (SSSR count). The summed E-state index contributed by atoms with van der Waals surface area (Å²) >= 11 is 0. The van der Waals surface area contributed by atoms with Crippen molar-refractivity contribution < 1.29 is 9.47 Å². The fraction of sp³-hybridized carbons (Fsp3) is 0.565. The molecule has 2 aromatic rings. The maximum Gasteiger partial charge on any atom is 0.257 e. The molecule has 0 saturated carbocycles. The number of piperidine rings is 1. The summed E-state index contributed by atoms with van der Waals surface area (Å²) in [5.74, 6) is 3.87. The van der Waals surface area contributed by atoms with Gasteiger partial charge in [-0.25, -0.2) is 4.98 Å². The molecule has 1 saturated heterocycles.